The predicted molar refractivity (Wildman–Crippen MR) is 87.0 cm³/mol. The van der Waals surface area contributed by atoms with Gasteiger partial charge in [-0.2, -0.15) is 9.97 Å². The van der Waals surface area contributed by atoms with Crippen molar-refractivity contribution in [2.24, 2.45) is 5.41 Å². The van der Waals surface area contributed by atoms with Gasteiger partial charge in [-0.3, -0.25) is 0 Å². The van der Waals surface area contributed by atoms with Gasteiger partial charge in [0, 0.05) is 19.2 Å². The SMILES string of the molecule is CCCCCC(C)(C)CNc1cc(NCC)nc(N)n1. The lowest BCUT2D eigenvalue weighted by atomic mass is 9.87. The van der Waals surface area contributed by atoms with Crippen molar-refractivity contribution in [3.63, 3.8) is 0 Å². The molecule has 0 saturated carbocycles. The lowest BCUT2D eigenvalue weighted by Gasteiger charge is -2.25. The van der Waals surface area contributed by atoms with Crippen LogP contribution >= 0.6 is 0 Å². The topological polar surface area (TPSA) is 75.9 Å². The smallest absolute Gasteiger partial charge is 0.223 e. The molecule has 0 aliphatic heterocycles. The average molecular weight is 279 g/mol. The molecule has 0 aliphatic rings. The molecule has 0 unspecified atom stereocenters. The second-order valence-corrected chi connectivity index (χ2v) is 6.00. The Labute approximate surface area is 122 Å². The van der Waals surface area contributed by atoms with E-state index in [4.69, 9.17) is 5.73 Å². The maximum absolute atomic E-state index is 5.73. The molecule has 5 nitrogen and oxygen atoms in total. The van der Waals surface area contributed by atoms with Crippen LogP contribution in [0.5, 0.6) is 0 Å². The molecule has 1 heterocycles. The highest BCUT2D eigenvalue weighted by molar-refractivity contribution is 5.51. The van der Waals surface area contributed by atoms with Gasteiger partial charge in [-0.05, 0) is 18.8 Å². The van der Waals surface area contributed by atoms with E-state index >= 15 is 0 Å². The Morgan fingerprint density at radius 1 is 1.10 bits per heavy atom. The third kappa shape index (κ3) is 6.08. The molecule has 114 valence electrons. The molecule has 0 saturated heterocycles. The van der Waals surface area contributed by atoms with Crippen LogP contribution in [-0.2, 0) is 0 Å². The highest BCUT2D eigenvalue weighted by Crippen LogP contribution is 2.24. The van der Waals surface area contributed by atoms with E-state index in [1.807, 2.05) is 13.0 Å². The maximum Gasteiger partial charge on any atom is 0.223 e. The fourth-order valence-corrected chi connectivity index (χ4v) is 2.10. The standard InChI is InChI=1S/C15H29N5/c1-5-7-8-9-15(3,4)11-18-13-10-12(17-6-2)19-14(16)20-13/h10H,5-9,11H2,1-4H3,(H4,16,17,18,19,20). The summed E-state index contributed by atoms with van der Waals surface area (Å²) in [6.45, 7) is 10.5. The molecular weight excluding hydrogens is 250 g/mol. The van der Waals surface area contributed by atoms with Crippen molar-refractivity contribution in [3.05, 3.63) is 6.07 Å². The van der Waals surface area contributed by atoms with Gasteiger partial charge in [-0.15, -0.1) is 0 Å². The number of hydrogen-bond donors (Lipinski definition) is 3. The quantitative estimate of drug-likeness (QED) is 0.603. The zero-order valence-corrected chi connectivity index (χ0v) is 13.3. The van der Waals surface area contributed by atoms with Gasteiger partial charge in [-0.25, -0.2) is 0 Å². The van der Waals surface area contributed by atoms with Crippen molar-refractivity contribution in [1.82, 2.24) is 9.97 Å². The van der Waals surface area contributed by atoms with E-state index in [-0.39, 0.29) is 5.41 Å². The molecule has 4 N–H and O–H groups in total. The summed E-state index contributed by atoms with van der Waals surface area (Å²) in [5.74, 6) is 1.86. The van der Waals surface area contributed by atoms with Crippen LogP contribution in [0, 0.1) is 5.41 Å². The number of anilines is 3. The first-order valence-corrected chi connectivity index (χ1v) is 7.59. The van der Waals surface area contributed by atoms with E-state index in [2.05, 4.69) is 41.4 Å². The molecule has 1 aromatic heterocycles. The molecule has 0 fully saturated rings. The normalized spacial score (nSPS) is 11.4. The van der Waals surface area contributed by atoms with Gasteiger partial charge < -0.3 is 16.4 Å². The second kappa shape index (κ2) is 7.92. The maximum atomic E-state index is 5.73. The van der Waals surface area contributed by atoms with Crippen molar-refractivity contribution in [1.29, 1.82) is 0 Å². The summed E-state index contributed by atoms with van der Waals surface area (Å²) in [4.78, 5) is 8.38. The number of nitrogen functional groups attached to an aromatic ring is 1. The first-order chi connectivity index (χ1) is 9.46. The zero-order chi connectivity index (χ0) is 15.0. The third-order valence-corrected chi connectivity index (χ3v) is 3.31. The van der Waals surface area contributed by atoms with Gasteiger partial charge in [0.2, 0.25) is 5.95 Å². The van der Waals surface area contributed by atoms with Crippen LogP contribution in [0.2, 0.25) is 0 Å². The molecule has 0 amide bonds. The molecule has 5 heteroatoms. The van der Waals surface area contributed by atoms with Crippen LogP contribution in [0.15, 0.2) is 6.07 Å². The first-order valence-electron chi connectivity index (χ1n) is 7.59. The number of nitrogens with one attached hydrogen (secondary N) is 2. The predicted octanol–water partition coefficient (Wildman–Crippen LogP) is 3.51. The van der Waals surface area contributed by atoms with Crippen LogP contribution < -0.4 is 16.4 Å². The second-order valence-electron chi connectivity index (χ2n) is 6.00. The van der Waals surface area contributed by atoms with Gasteiger partial charge in [0.05, 0.1) is 0 Å². The summed E-state index contributed by atoms with van der Waals surface area (Å²) >= 11 is 0. The van der Waals surface area contributed by atoms with Gasteiger partial charge in [0.1, 0.15) is 11.6 Å². The number of hydrogen-bond acceptors (Lipinski definition) is 5. The Bertz CT molecular complexity index is 403. The highest BCUT2D eigenvalue weighted by Gasteiger charge is 2.17. The van der Waals surface area contributed by atoms with Crippen molar-refractivity contribution < 1.29 is 0 Å². The van der Waals surface area contributed by atoms with Gasteiger partial charge >= 0.3 is 0 Å². The van der Waals surface area contributed by atoms with Gasteiger partial charge in [0.15, 0.2) is 0 Å². The van der Waals surface area contributed by atoms with Crippen molar-refractivity contribution in [2.75, 3.05) is 29.5 Å². The molecule has 0 atom stereocenters. The molecule has 0 spiro atoms. The Kier molecular flexibility index (Phi) is 6.55. The Morgan fingerprint density at radius 2 is 1.75 bits per heavy atom. The highest BCUT2D eigenvalue weighted by atomic mass is 15.1. The molecule has 1 rings (SSSR count). The number of rotatable bonds is 9. The van der Waals surface area contributed by atoms with Gasteiger partial charge in [0.25, 0.3) is 0 Å². The molecule has 0 aliphatic carbocycles. The van der Waals surface area contributed by atoms with Crippen molar-refractivity contribution in [3.8, 4) is 0 Å². The minimum Gasteiger partial charge on any atom is -0.370 e. The summed E-state index contributed by atoms with van der Waals surface area (Å²) in [6, 6.07) is 1.90. The molecular formula is C15H29N5. The monoisotopic (exact) mass is 279 g/mol. The van der Waals surface area contributed by atoms with Crippen LogP contribution in [0.3, 0.4) is 0 Å². The Balaban J connectivity index is 2.55. The minimum absolute atomic E-state index is 0.257. The average Bonchev–Trinajstić information content (AvgIpc) is 2.37. The summed E-state index contributed by atoms with van der Waals surface area (Å²) in [6.07, 6.45) is 5.06. The van der Waals surface area contributed by atoms with Crippen molar-refractivity contribution >= 4 is 17.6 Å². The number of nitrogens with two attached hydrogens (primary N) is 1. The van der Waals surface area contributed by atoms with Gasteiger partial charge in [-0.1, -0.05) is 40.0 Å². The Morgan fingerprint density at radius 3 is 2.35 bits per heavy atom. The fraction of sp³-hybridized carbons (Fsp3) is 0.733. The summed E-state index contributed by atoms with van der Waals surface area (Å²) in [7, 11) is 0. The third-order valence-electron chi connectivity index (χ3n) is 3.31. The number of nitrogens with zero attached hydrogens (tertiary/aromatic N) is 2. The van der Waals surface area contributed by atoms with E-state index in [0.717, 1.165) is 24.7 Å². The van der Waals surface area contributed by atoms with Crippen LogP contribution in [0.4, 0.5) is 17.6 Å². The summed E-state index contributed by atoms with van der Waals surface area (Å²) < 4.78 is 0. The molecule has 20 heavy (non-hydrogen) atoms. The molecule has 0 bridgehead atoms. The summed E-state index contributed by atoms with van der Waals surface area (Å²) in [5, 5.41) is 6.54. The number of aromatic nitrogens is 2. The minimum atomic E-state index is 0.257. The van der Waals surface area contributed by atoms with Crippen molar-refractivity contribution in [2.45, 2.75) is 53.4 Å². The van der Waals surface area contributed by atoms with E-state index in [1.54, 1.807) is 0 Å². The molecule has 0 aromatic carbocycles. The lowest BCUT2D eigenvalue weighted by molar-refractivity contribution is 0.342. The van der Waals surface area contributed by atoms with Crippen LogP contribution in [-0.4, -0.2) is 23.1 Å². The molecule has 1 aromatic rings. The fourth-order valence-electron chi connectivity index (χ4n) is 2.10. The van der Waals surface area contributed by atoms with E-state index in [9.17, 15) is 0 Å². The lowest BCUT2D eigenvalue weighted by Crippen LogP contribution is -2.23. The molecule has 0 radical (unpaired) electrons. The first kappa shape index (κ1) is 16.5. The Hall–Kier alpha value is -1.52. The van der Waals surface area contributed by atoms with Crippen LogP contribution in [0.25, 0.3) is 0 Å². The van der Waals surface area contributed by atoms with E-state index in [1.165, 1.54) is 25.7 Å². The van der Waals surface area contributed by atoms with E-state index in [0.29, 0.717) is 5.95 Å². The van der Waals surface area contributed by atoms with E-state index < -0.39 is 0 Å². The largest absolute Gasteiger partial charge is 0.370 e. The number of unbranched alkanes of at least 4 members (excludes halogenated alkanes) is 2. The zero-order valence-electron chi connectivity index (χ0n) is 13.3. The summed E-state index contributed by atoms with van der Waals surface area (Å²) in [5.41, 5.74) is 5.98. The van der Waals surface area contributed by atoms with Crippen LogP contribution in [0.1, 0.15) is 53.4 Å².